The Morgan fingerprint density at radius 2 is 1.38 bits per heavy atom. The van der Waals surface area contributed by atoms with Gasteiger partial charge in [-0.3, -0.25) is 4.98 Å². The first-order valence-corrected chi connectivity index (χ1v) is 15.2. The summed E-state index contributed by atoms with van der Waals surface area (Å²) in [7, 11) is -3.04. The molecule has 12 heteroatoms. The lowest BCUT2D eigenvalue weighted by Gasteiger charge is -2.17. The van der Waals surface area contributed by atoms with Gasteiger partial charge in [0.2, 0.25) is 25.9 Å². The molecule has 10 nitrogen and oxygen atoms in total. The molecule has 0 fully saturated rings. The molecule has 0 unspecified atom stereocenters. The molecule has 0 atom stereocenters. The van der Waals surface area contributed by atoms with Crippen molar-refractivity contribution in [1.29, 1.82) is 0 Å². The standard InChI is InChI=1S/C28H28N6O4S2/c1-20-9-13-25(14-10-20)40(37,38)33(4)19-27-30-28(26-17-21-7-5-6-8-22(21)18-29-26)31-34(27)23-11-15-24(16-12-23)39(35,36)32(2)3/h5-18H,19H2,1-4H3. The Labute approximate surface area is 233 Å². The topological polar surface area (TPSA) is 118 Å². The van der Waals surface area contributed by atoms with Crippen molar-refractivity contribution in [2.24, 2.45) is 0 Å². The predicted octanol–water partition coefficient (Wildman–Crippen LogP) is 3.86. The summed E-state index contributed by atoms with van der Waals surface area (Å²) in [6.45, 7) is 1.80. The quantitative estimate of drug-likeness (QED) is 0.275. The highest BCUT2D eigenvalue weighted by Gasteiger charge is 2.25. The minimum atomic E-state index is -3.82. The van der Waals surface area contributed by atoms with Gasteiger partial charge in [0, 0.05) is 32.7 Å². The molecule has 5 rings (SSSR count). The zero-order valence-corrected chi connectivity index (χ0v) is 24.1. The molecule has 5 aromatic rings. The summed E-state index contributed by atoms with van der Waals surface area (Å²) < 4.78 is 55.6. The van der Waals surface area contributed by atoms with Crippen molar-refractivity contribution < 1.29 is 16.8 Å². The maximum Gasteiger partial charge on any atom is 0.243 e. The number of aryl methyl sites for hydroxylation is 1. The molecule has 0 N–H and O–H groups in total. The zero-order valence-electron chi connectivity index (χ0n) is 22.4. The molecular formula is C28H28N6O4S2. The van der Waals surface area contributed by atoms with Crippen LogP contribution in [0.15, 0.2) is 94.9 Å². The van der Waals surface area contributed by atoms with E-state index >= 15 is 0 Å². The van der Waals surface area contributed by atoms with Crippen LogP contribution in [0, 0.1) is 6.92 Å². The van der Waals surface area contributed by atoms with E-state index in [1.807, 2.05) is 37.3 Å². The molecule has 0 saturated carbocycles. The van der Waals surface area contributed by atoms with Crippen LogP contribution in [0.5, 0.6) is 0 Å². The van der Waals surface area contributed by atoms with Gasteiger partial charge in [0.1, 0.15) is 11.5 Å². The minimum absolute atomic E-state index is 0.0888. The Morgan fingerprint density at radius 1 is 0.775 bits per heavy atom. The summed E-state index contributed by atoms with van der Waals surface area (Å²) in [6.07, 6.45) is 1.74. The highest BCUT2D eigenvalue weighted by atomic mass is 32.2. The van der Waals surface area contributed by atoms with Crippen LogP contribution in [0.4, 0.5) is 0 Å². The van der Waals surface area contributed by atoms with E-state index in [-0.39, 0.29) is 16.3 Å². The Morgan fingerprint density at radius 3 is 2.02 bits per heavy atom. The Hall–Kier alpha value is -3.97. The fourth-order valence-corrected chi connectivity index (χ4v) is 6.14. The number of hydrogen-bond donors (Lipinski definition) is 0. The molecule has 0 radical (unpaired) electrons. The van der Waals surface area contributed by atoms with Crippen molar-refractivity contribution in [1.82, 2.24) is 28.4 Å². The van der Waals surface area contributed by atoms with Gasteiger partial charge in [-0.05, 0) is 54.8 Å². The van der Waals surface area contributed by atoms with E-state index in [1.54, 1.807) is 42.6 Å². The molecule has 2 aromatic heterocycles. The van der Waals surface area contributed by atoms with Gasteiger partial charge >= 0.3 is 0 Å². The Kier molecular flexibility index (Phi) is 7.27. The number of fused-ring (bicyclic) bond motifs is 1. The molecule has 0 spiro atoms. The van der Waals surface area contributed by atoms with Gasteiger partial charge in [-0.2, -0.15) is 4.31 Å². The van der Waals surface area contributed by atoms with Crippen LogP contribution >= 0.6 is 0 Å². The summed E-state index contributed by atoms with van der Waals surface area (Å²) in [4.78, 5) is 9.49. The molecule has 0 bridgehead atoms. The van der Waals surface area contributed by atoms with Crippen LogP contribution in [-0.4, -0.2) is 66.3 Å². The summed E-state index contributed by atoms with van der Waals surface area (Å²) in [5.74, 6) is 0.651. The summed E-state index contributed by atoms with van der Waals surface area (Å²) in [5.41, 5.74) is 2.00. The maximum absolute atomic E-state index is 13.3. The fraction of sp³-hybridized carbons (Fsp3) is 0.179. The second kappa shape index (κ2) is 10.5. The average Bonchev–Trinajstić information content (AvgIpc) is 3.36. The van der Waals surface area contributed by atoms with Gasteiger partial charge in [0.25, 0.3) is 0 Å². The average molecular weight is 577 g/mol. The third kappa shape index (κ3) is 5.26. The second-order valence-electron chi connectivity index (χ2n) is 9.54. The third-order valence-electron chi connectivity index (χ3n) is 6.49. The van der Waals surface area contributed by atoms with E-state index in [9.17, 15) is 16.8 Å². The normalized spacial score (nSPS) is 12.4. The van der Waals surface area contributed by atoms with Crippen LogP contribution < -0.4 is 0 Å². The lowest BCUT2D eigenvalue weighted by molar-refractivity contribution is 0.452. The van der Waals surface area contributed by atoms with Gasteiger partial charge in [-0.15, -0.1) is 5.10 Å². The molecule has 0 aliphatic rings. The lowest BCUT2D eigenvalue weighted by atomic mass is 10.1. The smallest absolute Gasteiger partial charge is 0.243 e. The van der Waals surface area contributed by atoms with Crippen molar-refractivity contribution in [3.63, 3.8) is 0 Å². The van der Waals surface area contributed by atoms with Crippen LogP contribution in [0.1, 0.15) is 11.4 Å². The van der Waals surface area contributed by atoms with Crippen molar-refractivity contribution in [3.8, 4) is 17.2 Å². The number of aromatic nitrogens is 4. The first kappa shape index (κ1) is 27.6. The fourth-order valence-electron chi connectivity index (χ4n) is 4.11. The van der Waals surface area contributed by atoms with Gasteiger partial charge < -0.3 is 0 Å². The molecule has 40 heavy (non-hydrogen) atoms. The Bertz CT molecular complexity index is 1900. The summed E-state index contributed by atoms with van der Waals surface area (Å²) in [6, 6.07) is 22.5. The molecule has 0 aliphatic carbocycles. The van der Waals surface area contributed by atoms with E-state index in [1.165, 1.54) is 42.3 Å². The lowest BCUT2D eigenvalue weighted by Crippen LogP contribution is -2.28. The number of hydrogen-bond acceptors (Lipinski definition) is 7. The molecule has 0 aliphatic heterocycles. The SMILES string of the molecule is Cc1ccc(S(=O)(=O)N(C)Cc2nc(-c3cc4ccccc4cn3)nn2-c2ccc(S(=O)(=O)N(C)C)cc2)cc1. The number of pyridine rings is 1. The van der Waals surface area contributed by atoms with Crippen molar-refractivity contribution >= 4 is 30.8 Å². The van der Waals surface area contributed by atoms with Gasteiger partial charge in [0.15, 0.2) is 0 Å². The largest absolute Gasteiger partial charge is 0.252 e. The molecule has 0 saturated heterocycles. The van der Waals surface area contributed by atoms with Crippen LogP contribution in [0.2, 0.25) is 0 Å². The number of sulfonamides is 2. The van der Waals surface area contributed by atoms with E-state index in [0.717, 1.165) is 20.6 Å². The first-order chi connectivity index (χ1) is 19.0. The monoisotopic (exact) mass is 576 g/mol. The Balaban J connectivity index is 1.57. The molecular weight excluding hydrogens is 548 g/mol. The molecule has 0 amide bonds. The van der Waals surface area contributed by atoms with Crippen LogP contribution in [0.3, 0.4) is 0 Å². The van der Waals surface area contributed by atoms with Crippen molar-refractivity contribution in [2.75, 3.05) is 21.1 Å². The first-order valence-electron chi connectivity index (χ1n) is 12.3. The van der Waals surface area contributed by atoms with Gasteiger partial charge in [-0.25, -0.2) is 30.8 Å². The summed E-state index contributed by atoms with van der Waals surface area (Å²) >= 11 is 0. The number of benzene rings is 3. The van der Waals surface area contributed by atoms with Crippen LogP contribution in [0.25, 0.3) is 28.0 Å². The second-order valence-corrected chi connectivity index (χ2v) is 13.7. The van der Waals surface area contributed by atoms with Crippen molar-refractivity contribution in [2.45, 2.75) is 23.3 Å². The molecule has 3 aromatic carbocycles. The van der Waals surface area contributed by atoms with E-state index in [0.29, 0.717) is 23.0 Å². The molecule has 206 valence electrons. The maximum atomic E-state index is 13.3. The van der Waals surface area contributed by atoms with Crippen LogP contribution in [-0.2, 0) is 26.6 Å². The number of nitrogens with zero attached hydrogens (tertiary/aromatic N) is 6. The van der Waals surface area contributed by atoms with Gasteiger partial charge in [0.05, 0.1) is 22.0 Å². The summed E-state index contributed by atoms with van der Waals surface area (Å²) in [5, 5.41) is 6.59. The highest BCUT2D eigenvalue weighted by Crippen LogP contribution is 2.24. The van der Waals surface area contributed by atoms with E-state index in [2.05, 4.69) is 15.1 Å². The zero-order chi connectivity index (χ0) is 28.7. The highest BCUT2D eigenvalue weighted by molar-refractivity contribution is 7.89. The van der Waals surface area contributed by atoms with Gasteiger partial charge in [-0.1, -0.05) is 42.0 Å². The number of rotatable bonds is 8. The van der Waals surface area contributed by atoms with E-state index < -0.39 is 20.0 Å². The third-order valence-corrected chi connectivity index (χ3v) is 10.1. The predicted molar refractivity (Wildman–Crippen MR) is 153 cm³/mol. The van der Waals surface area contributed by atoms with Crippen molar-refractivity contribution in [3.05, 3.63) is 96.4 Å². The van der Waals surface area contributed by atoms with E-state index in [4.69, 9.17) is 0 Å². The molecule has 2 heterocycles. The minimum Gasteiger partial charge on any atom is -0.252 e.